The molecule has 0 aromatic carbocycles. The van der Waals surface area contributed by atoms with Crippen LogP contribution in [-0.2, 0) is 0 Å². The zero-order valence-corrected chi connectivity index (χ0v) is 6.28. The van der Waals surface area contributed by atoms with Gasteiger partial charge in [-0.3, -0.25) is 4.98 Å². The Bertz CT molecular complexity index is 293. The van der Waals surface area contributed by atoms with Gasteiger partial charge in [-0.25, -0.2) is 0 Å². The lowest BCUT2D eigenvalue weighted by molar-refractivity contribution is 1.29. The third-order valence-electron chi connectivity index (χ3n) is 1.23. The standard InChI is InChI=1S/C9H8N2/c1-8(7-10)6-9-4-2-3-5-11-9/h2-6H,1H3. The summed E-state index contributed by atoms with van der Waals surface area (Å²) in [5.74, 6) is 0. The van der Waals surface area contributed by atoms with Crippen molar-refractivity contribution in [3.8, 4) is 6.07 Å². The molecule has 0 unspecified atom stereocenters. The zero-order valence-electron chi connectivity index (χ0n) is 6.28. The van der Waals surface area contributed by atoms with Crippen LogP contribution in [0.15, 0.2) is 30.0 Å². The smallest absolute Gasteiger partial charge is 0.0944 e. The van der Waals surface area contributed by atoms with Gasteiger partial charge in [0, 0.05) is 11.8 Å². The van der Waals surface area contributed by atoms with Crippen LogP contribution in [0.2, 0.25) is 0 Å². The van der Waals surface area contributed by atoms with Crippen LogP contribution in [-0.4, -0.2) is 4.98 Å². The summed E-state index contributed by atoms with van der Waals surface area (Å²) in [6.07, 6.45) is 3.45. The Hall–Kier alpha value is -1.62. The minimum absolute atomic E-state index is 0.670. The Morgan fingerprint density at radius 1 is 1.64 bits per heavy atom. The van der Waals surface area contributed by atoms with Crippen LogP contribution in [0.1, 0.15) is 12.6 Å². The van der Waals surface area contributed by atoms with Crippen molar-refractivity contribution in [3.05, 3.63) is 35.7 Å². The van der Waals surface area contributed by atoms with Gasteiger partial charge in [-0.1, -0.05) is 6.07 Å². The summed E-state index contributed by atoms with van der Waals surface area (Å²) in [5, 5.41) is 8.45. The van der Waals surface area contributed by atoms with Crippen LogP contribution < -0.4 is 0 Å². The molecule has 2 heteroatoms. The molecular formula is C9H8N2. The van der Waals surface area contributed by atoms with E-state index in [0.29, 0.717) is 5.57 Å². The van der Waals surface area contributed by atoms with E-state index >= 15 is 0 Å². The lowest BCUT2D eigenvalue weighted by Crippen LogP contribution is -1.77. The van der Waals surface area contributed by atoms with E-state index in [1.54, 1.807) is 19.2 Å². The Kier molecular flexibility index (Phi) is 2.40. The molecule has 0 N–H and O–H groups in total. The summed E-state index contributed by atoms with van der Waals surface area (Å²) in [7, 11) is 0. The van der Waals surface area contributed by atoms with Crippen LogP contribution >= 0.6 is 0 Å². The Labute approximate surface area is 65.8 Å². The number of nitrogens with zero attached hydrogens (tertiary/aromatic N) is 2. The van der Waals surface area contributed by atoms with Crippen molar-refractivity contribution < 1.29 is 0 Å². The van der Waals surface area contributed by atoms with E-state index in [1.807, 2.05) is 24.3 Å². The number of hydrogen-bond donors (Lipinski definition) is 0. The van der Waals surface area contributed by atoms with Gasteiger partial charge in [0.15, 0.2) is 0 Å². The molecule has 0 saturated heterocycles. The van der Waals surface area contributed by atoms with Gasteiger partial charge in [0.25, 0.3) is 0 Å². The van der Waals surface area contributed by atoms with Crippen LogP contribution in [0.3, 0.4) is 0 Å². The number of allylic oxidation sites excluding steroid dienone is 1. The highest BCUT2D eigenvalue weighted by atomic mass is 14.6. The van der Waals surface area contributed by atoms with E-state index < -0.39 is 0 Å². The Morgan fingerprint density at radius 2 is 2.45 bits per heavy atom. The SMILES string of the molecule is CC(C#N)=Cc1ccccn1. The number of pyridine rings is 1. The molecule has 0 bridgehead atoms. The molecule has 0 aliphatic carbocycles. The number of hydrogen-bond acceptors (Lipinski definition) is 2. The molecule has 11 heavy (non-hydrogen) atoms. The summed E-state index contributed by atoms with van der Waals surface area (Å²) < 4.78 is 0. The molecule has 0 spiro atoms. The second-order valence-electron chi connectivity index (χ2n) is 2.19. The van der Waals surface area contributed by atoms with Crippen molar-refractivity contribution in [2.45, 2.75) is 6.92 Å². The van der Waals surface area contributed by atoms with Crippen LogP contribution in [0, 0.1) is 11.3 Å². The summed E-state index contributed by atoms with van der Waals surface area (Å²) >= 11 is 0. The second-order valence-corrected chi connectivity index (χ2v) is 2.19. The van der Waals surface area contributed by atoms with E-state index in [1.165, 1.54) is 0 Å². The third kappa shape index (κ3) is 2.23. The predicted octanol–water partition coefficient (Wildman–Crippen LogP) is 2.01. The highest BCUT2D eigenvalue weighted by Gasteiger charge is 1.87. The molecule has 0 amide bonds. The molecule has 0 fully saturated rings. The maximum atomic E-state index is 8.45. The van der Waals surface area contributed by atoms with Crippen LogP contribution in [0.4, 0.5) is 0 Å². The number of nitriles is 1. The van der Waals surface area contributed by atoms with E-state index in [-0.39, 0.29) is 0 Å². The first kappa shape index (κ1) is 7.49. The quantitative estimate of drug-likeness (QED) is 0.565. The molecule has 0 atom stereocenters. The fraction of sp³-hybridized carbons (Fsp3) is 0.111. The van der Waals surface area contributed by atoms with E-state index in [9.17, 15) is 0 Å². The highest BCUT2D eigenvalue weighted by Crippen LogP contribution is 2.00. The van der Waals surface area contributed by atoms with Crippen LogP contribution in [0.25, 0.3) is 6.08 Å². The highest BCUT2D eigenvalue weighted by molar-refractivity contribution is 5.52. The van der Waals surface area contributed by atoms with E-state index in [0.717, 1.165) is 5.69 Å². The largest absolute Gasteiger partial charge is 0.257 e. The maximum Gasteiger partial charge on any atom is 0.0944 e. The van der Waals surface area contributed by atoms with Gasteiger partial charge >= 0.3 is 0 Å². The first-order valence-corrected chi connectivity index (χ1v) is 3.32. The van der Waals surface area contributed by atoms with Crippen molar-refractivity contribution in [1.82, 2.24) is 4.98 Å². The summed E-state index contributed by atoms with van der Waals surface area (Å²) in [5.41, 5.74) is 1.50. The third-order valence-corrected chi connectivity index (χ3v) is 1.23. The van der Waals surface area contributed by atoms with E-state index in [2.05, 4.69) is 4.98 Å². The molecule has 1 heterocycles. The first-order valence-electron chi connectivity index (χ1n) is 3.32. The molecule has 0 saturated carbocycles. The topological polar surface area (TPSA) is 36.7 Å². The van der Waals surface area contributed by atoms with Gasteiger partial charge in [-0.05, 0) is 25.1 Å². The summed E-state index contributed by atoms with van der Waals surface area (Å²) in [4.78, 5) is 4.04. The number of aromatic nitrogens is 1. The van der Waals surface area contributed by atoms with Gasteiger partial charge in [0.05, 0.1) is 11.8 Å². The summed E-state index contributed by atoms with van der Waals surface area (Å²) in [6, 6.07) is 7.64. The van der Waals surface area contributed by atoms with Crippen molar-refractivity contribution in [2.75, 3.05) is 0 Å². The van der Waals surface area contributed by atoms with Gasteiger partial charge in [0.1, 0.15) is 0 Å². The van der Waals surface area contributed by atoms with Gasteiger partial charge in [-0.15, -0.1) is 0 Å². The fourth-order valence-corrected chi connectivity index (χ4v) is 0.715. The minimum atomic E-state index is 0.670. The van der Waals surface area contributed by atoms with Crippen molar-refractivity contribution >= 4 is 6.08 Å². The van der Waals surface area contributed by atoms with Crippen molar-refractivity contribution in [2.24, 2.45) is 0 Å². The maximum absolute atomic E-state index is 8.45. The molecule has 1 aromatic rings. The molecule has 1 aromatic heterocycles. The summed E-state index contributed by atoms with van der Waals surface area (Å²) in [6.45, 7) is 1.76. The van der Waals surface area contributed by atoms with Crippen molar-refractivity contribution in [3.63, 3.8) is 0 Å². The Balaban J connectivity index is 2.90. The predicted molar refractivity (Wildman–Crippen MR) is 43.5 cm³/mol. The van der Waals surface area contributed by atoms with Gasteiger partial charge in [-0.2, -0.15) is 5.26 Å². The fourth-order valence-electron chi connectivity index (χ4n) is 0.715. The molecule has 0 aliphatic rings. The van der Waals surface area contributed by atoms with Gasteiger partial charge < -0.3 is 0 Å². The molecule has 1 rings (SSSR count). The molecule has 0 aliphatic heterocycles. The minimum Gasteiger partial charge on any atom is -0.257 e. The Morgan fingerprint density at radius 3 is 3.00 bits per heavy atom. The van der Waals surface area contributed by atoms with Crippen LogP contribution in [0.5, 0.6) is 0 Å². The normalized spacial score (nSPS) is 10.7. The molecule has 0 radical (unpaired) electrons. The lowest BCUT2D eigenvalue weighted by Gasteiger charge is -1.89. The average molecular weight is 144 g/mol. The lowest BCUT2D eigenvalue weighted by atomic mass is 10.2. The zero-order chi connectivity index (χ0) is 8.10. The van der Waals surface area contributed by atoms with Crippen molar-refractivity contribution in [1.29, 1.82) is 5.26 Å². The molecule has 54 valence electrons. The monoisotopic (exact) mass is 144 g/mol. The first-order chi connectivity index (χ1) is 5.33. The molecular weight excluding hydrogens is 136 g/mol. The van der Waals surface area contributed by atoms with Gasteiger partial charge in [0.2, 0.25) is 0 Å². The second kappa shape index (κ2) is 3.52. The number of rotatable bonds is 1. The average Bonchev–Trinajstić information content (AvgIpc) is 2.06. The molecule has 2 nitrogen and oxygen atoms in total. The van der Waals surface area contributed by atoms with E-state index in [4.69, 9.17) is 5.26 Å².